The maximum atomic E-state index is 12.1. The average molecular weight is 609 g/mol. The van der Waals surface area contributed by atoms with Crippen molar-refractivity contribution < 1.29 is 36.3 Å². The Bertz CT molecular complexity index is 1580. The second-order valence-corrected chi connectivity index (χ2v) is 10.9. The van der Waals surface area contributed by atoms with E-state index in [0.29, 0.717) is 45.5 Å². The summed E-state index contributed by atoms with van der Waals surface area (Å²) in [5, 5.41) is 0.983. The Kier molecular flexibility index (Phi) is 12.4. The Hall–Kier alpha value is -3.87. The smallest absolute Gasteiger partial charge is 0.297 e. The lowest BCUT2D eigenvalue weighted by molar-refractivity contribution is 0.00529. The van der Waals surface area contributed by atoms with Crippen LogP contribution in [0.15, 0.2) is 77.8 Å². The van der Waals surface area contributed by atoms with Crippen molar-refractivity contribution in [1.29, 1.82) is 0 Å². The third-order valence-electron chi connectivity index (χ3n) is 6.11. The fourth-order valence-corrected chi connectivity index (χ4v) is 4.75. The zero-order valence-electron chi connectivity index (χ0n) is 24.3. The first kappa shape index (κ1) is 32.1. The SMILES string of the molecule is COc1cc(/C=C/c2ccc3cc(OCCOCCOCCOCCOS(=O)(=O)c4ccc(C)cc4)ccc3n2)ccn1. The summed E-state index contributed by atoms with van der Waals surface area (Å²) in [5.41, 5.74) is 3.67. The molecule has 43 heavy (non-hydrogen) atoms. The first-order chi connectivity index (χ1) is 20.9. The van der Waals surface area contributed by atoms with Gasteiger partial charge in [0.2, 0.25) is 5.88 Å². The Morgan fingerprint density at radius 2 is 1.44 bits per heavy atom. The van der Waals surface area contributed by atoms with Crippen molar-refractivity contribution in [2.75, 3.05) is 60.0 Å². The van der Waals surface area contributed by atoms with Gasteiger partial charge < -0.3 is 23.7 Å². The second kappa shape index (κ2) is 16.7. The van der Waals surface area contributed by atoms with E-state index in [-0.39, 0.29) is 18.1 Å². The number of hydrogen-bond donors (Lipinski definition) is 0. The molecule has 0 saturated carbocycles. The van der Waals surface area contributed by atoms with Gasteiger partial charge in [-0.1, -0.05) is 29.8 Å². The normalized spacial score (nSPS) is 11.8. The van der Waals surface area contributed by atoms with Gasteiger partial charge in [0.1, 0.15) is 12.4 Å². The van der Waals surface area contributed by atoms with Crippen LogP contribution in [0.3, 0.4) is 0 Å². The quantitative estimate of drug-likeness (QED) is 0.113. The molecule has 0 radical (unpaired) electrons. The first-order valence-electron chi connectivity index (χ1n) is 13.8. The average Bonchev–Trinajstić information content (AvgIpc) is 3.02. The van der Waals surface area contributed by atoms with Gasteiger partial charge in [0.25, 0.3) is 10.1 Å². The number of aryl methyl sites for hydroxylation is 1. The van der Waals surface area contributed by atoms with Gasteiger partial charge in [-0.25, -0.2) is 9.97 Å². The third-order valence-corrected chi connectivity index (χ3v) is 7.44. The highest BCUT2D eigenvalue weighted by Crippen LogP contribution is 2.21. The summed E-state index contributed by atoms with van der Waals surface area (Å²) in [6.07, 6.45) is 5.62. The molecule has 2 aromatic heterocycles. The summed E-state index contributed by atoms with van der Waals surface area (Å²) in [6, 6.07) is 20.0. The zero-order chi connectivity index (χ0) is 30.3. The van der Waals surface area contributed by atoms with Crippen molar-refractivity contribution in [3.05, 3.63) is 89.7 Å². The summed E-state index contributed by atoms with van der Waals surface area (Å²) in [4.78, 5) is 8.94. The number of fused-ring (bicyclic) bond motifs is 1. The number of rotatable bonds is 18. The van der Waals surface area contributed by atoms with Crippen molar-refractivity contribution >= 4 is 33.2 Å². The van der Waals surface area contributed by atoms with Gasteiger partial charge >= 0.3 is 0 Å². The van der Waals surface area contributed by atoms with Crippen LogP contribution in [0.1, 0.15) is 16.8 Å². The number of ether oxygens (including phenoxy) is 5. The molecule has 4 rings (SSSR count). The lowest BCUT2D eigenvalue weighted by Gasteiger charge is -2.09. The fraction of sp³-hybridized carbons (Fsp3) is 0.312. The van der Waals surface area contributed by atoms with E-state index in [0.717, 1.165) is 33.5 Å². The lowest BCUT2D eigenvalue weighted by atomic mass is 10.1. The molecule has 0 atom stereocenters. The maximum Gasteiger partial charge on any atom is 0.297 e. The minimum absolute atomic E-state index is 0.0608. The van der Waals surface area contributed by atoms with Gasteiger partial charge in [-0.15, -0.1) is 0 Å². The first-order valence-corrected chi connectivity index (χ1v) is 15.2. The topological polar surface area (TPSA) is 115 Å². The van der Waals surface area contributed by atoms with Gasteiger partial charge in [0.15, 0.2) is 0 Å². The number of benzene rings is 2. The summed E-state index contributed by atoms with van der Waals surface area (Å²) < 4.78 is 56.6. The number of nitrogens with zero attached hydrogens (tertiary/aromatic N) is 2. The van der Waals surface area contributed by atoms with Crippen LogP contribution in [0.4, 0.5) is 0 Å². The predicted octanol–water partition coefficient (Wildman–Crippen LogP) is 4.95. The van der Waals surface area contributed by atoms with Crippen LogP contribution in [0.25, 0.3) is 23.1 Å². The molecule has 11 heteroatoms. The number of pyridine rings is 2. The molecule has 0 saturated heterocycles. The fourth-order valence-electron chi connectivity index (χ4n) is 3.86. The van der Waals surface area contributed by atoms with E-state index >= 15 is 0 Å². The lowest BCUT2D eigenvalue weighted by Crippen LogP contribution is -2.15. The number of methoxy groups -OCH3 is 1. The number of aromatic nitrogens is 2. The molecule has 0 N–H and O–H groups in total. The van der Waals surface area contributed by atoms with Crippen LogP contribution in [-0.2, 0) is 28.5 Å². The van der Waals surface area contributed by atoms with Crippen molar-refractivity contribution in [2.45, 2.75) is 11.8 Å². The van der Waals surface area contributed by atoms with Crippen LogP contribution < -0.4 is 9.47 Å². The van der Waals surface area contributed by atoms with Gasteiger partial charge in [-0.2, -0.15) is 8.42 Å². The molecule has 0 amide bonds. The molecule has 0 aliphatic heterocycles. The molecule has 228 valence electrons. The molecule has 0 aliphatic rings. The Morgan fingerprint density at radius 1 is 0.744 bits per heavy atom. The van der Waals surface area contributed by atoms with E-state index in [2.05, 4.69) is 4.98 Å². The molecule has 0 aliphatic carbocycles. The summed E-state index contributed by atoms with van der Waals surface area (Å²) in [6.45, 7) is 4.33. The molecular formula is C32H36N2O8S. The van der Waals surface area contributed by atoms with E-state index in [1.165, 1.54) is 12.1 Å². The minimum Gasteiger partial charge on any atom is -0.491 e. The van der Waals surface area contributed by atoms with Crippen LogP contribution in [-0.4, -0.2) is 78.4 Å². The van der Waals surface area contributed by atoms with E-state index in [9.17, 15) is 8.42 Å². The molecule has 0 fully saturated rings. The molecule has 0 unspecified atom stereocenters. The summed E-state index contributed by atoms with van der Waals surface area (Å²) in [5.74, 6) is 1.31. The largest absolute Gasteiger partial charge is 0.491 e. The van der Waals surface area contributed by atoms with Crippen LogP contribution in [0, 0.1) is 6.92 Å². The molecule has 2 aromatic carbocycles. The summed E-state index contributed by atoms with van der Waals surface area (Å²) >= 11 is 0. The Labute approximate surface area is 252 Å². The molecular weight excluding hydrogens is 572 g/mol. The minimum atomic E-state index is -3.78. The van der Waals surface area contributed by atoms with Gasteiger partial charge in [0.05, 0.1) is 69.5 Å². The van der Waals surface area contributed by atoms with E-state index < -0.39 is 10.1 Å². The van der Waals surface area contributed by atoms with E-state index in [1.807, 2.05) is 61.5 Å². The van der Waals surface area contributed by atoms with Crippen molar-refractivity contribution in [1.82, 2.24) is 9.97 Å². The van der Waals surface area contributed by atoms with Gasteiger partial charge in [-0.3, -0.25) is 4.18 Å². The second-order valence-electron chi connectivity index (χ2n) is 9.33. The van der Waals surface area contributed by atoms with Crippen LogP contribution >= 0.6 is 0 Å². The Morgan fingerprint density at radius 3 is 2.16 bits per heavy atom. The molecule has 10 nitrogen and oxygen atoms in total. The predicted molar refractivity (Wildman–Crippen MR) is 164 cm³/mol. The van der Waals surface area contributed by atoms with Crippen molar-refractivity contribution in [3.8, 4) is 11.6 Å². The zero-order valence-corrected chi connectivity index (χ0v) is 25.1. The van der Waals surface area contributed by atoms with Crippen LogP contribution in [0.5, 0.6) is 11.6 Å². The molecule has 0 bridgehead atoms. The van der Waals surface area contributed by atoms with E-state index in [1.54, 1.807) is 25.4 Å². The summed E-state index contributed by atoms with van der Waals surface area (Å²) in [7, 11) is -2.19. The van der Waals surface area contributed by atoms with Crippen molar-refractivity contribution in [3.63, 3.8) is 0 Å². The van der Waals surface area contributed by atoms with Gasteiger partial charge in [-0.05, 0) is 61.0 Å². The molecule has 2 heterocycles. The highest BCUT2D eigenvalue weighted by atomic mass is 32.2. The molecule has 4 aromatic rings. The number of hydrogen-bond acceptors (Lipinski definition) is 10. The maximum absolute atomic E-state index is 12.1. The monoisotopic (exact) mass is 608 g/mol. The molecule has 0 spiro atoms. The third kappa shape index (κ3) is 10.7. The van der Waals surface area contributed by atoms with Crippen molar-refractivity contribution in [2.24, 2.45) is 0 Å². The van der Waals surface area contributed by atoms with Gasteiger partial charge in [0, 0.05) is 17.6 Å². The standard InChI is InChI=1S/C32H36N2O8S/c1-25-3-10-30(11-4-25)43(35,36)42-22-20-40-18-16-38-15-17-39-19-21-41-29-9-12-31-27(24-29)6-8-28(34-31)7-5-26-13-14-33-32(23-26)37-2/h3-14,23-24H,15-22H2,1-2H3/b7-5+. The highest BCUT2D eigenvalue weighted by Gasteiger charge is 2.14. The van der Waals surface area contributed by atoms with Crippen LogP contribution in [0.2, 0.25) is 0 Å². The Balaban J connectivity index is 1.04. The van der Waals surface area contributed by atoms with E-state index in [4.69, 9.17) is 32.9 Å². The highest BCUT2D eigenvalue weighted by molar-refractivity contribution is 7.86.